The zero-order valence-electron chi connectivity index (χ0n) is 13.4. The fourth-order valence-corrected chi connectivity index (χ4v) is 3.51. The van der Waals surface area contributed by atoms with Crippen LogP contribution in [-0.2, 0) is 0 Å². The zero-order valence-corrected chi connectivity index (χ0v) is 13.4. The molecule has 0 aromatic heterocycles. The van der Waals surface area contributed by atoms with Gasteiger partial charge in [0.15, 0.2) is 0 Å². The van der Waals surface area contributed by atoms with Crippen LogP contribution < -0.4 is 9.47 Å². The Bertz CT molecular complexity index is 523. The van der Waals surface area contributed by atoms with Gasteiger partial charge in [-0.1, -0.05) is 24.3 Å². The first-order chi connectivity index (χ1) is 10.8. The number of hydrogen-bond donors (Lipinski definition) is 0. The van der Waals surface area contributed by atoms with Gasteiger partial charge in [0.1, 0.15) is 11.5 Å². The van der Waals surface area contributed by atoms with Crippen LogP contribution in [0.2, 0.25) is 0 Å². The van der Waals surface area contributed by atoms with Gasteiger partial charge in [-0.15, -0.1) is 0 Å². The van der Waals surface area contributed by atoms with Crippen LogP contribution in [0.15, 0.2) is 48.5 Å². The van der Waals surface area contributed by atoms with Crippen LogP contribution in [-0.4, -0.2) is 14.2 Å². The molecule has 0 saturated heterocycles. The van der Waals surface area contributed by atoms with Crippen LogP contribution >= 0.6 is 0 Å². The Morgan fingerprint density at radius 1 is 0.591 bits per heavy atom. The summed E-state index contributed by atoms with van der Waals surface area (Å²) in [6.07, 6.45) is 5.07. The van der Waals surface area contributed by atoms with Gasteiger partial charge >= 0.3 is 0 Å². The Hall–Kier alpha value is -1.96. The minimum absolute atomic E-state index is 0.695. The van der Waals surface area contributed by atoms with Crippen molar-refractivity contribution >= 4 is 0 Å². The molecule has 22 heavy (non-hydrogen) atoms. The summed E-state index contributed by atoms with van der Waals surface area (Å²) in [7, 11) is 3.43. The highest BCUT2D eigenvalue weighted by atomic mass is 16.5. The van der Waals surface area contributed by atoms with Gasteiger partial charge in [-0.3, -0.25) is 0 Å². The summed E-state index contributed by atoms with van der Waals surface area (Å²) < 4.78 is 10.5. The van der Waals surface area contributed by atoms with E-state index in [-0.39, 0.29) is 0 Å². The summed E-state index contributed by atoms with van der Waals surface area (Å²) in [5.74, 6) is 3.27. The van der Waals surface area contributed by atoms with Gasteiger partial charge in [0.25, 0.3) is 0 Å². The van der Waals surface area contributed by atoms with Crippen molar-refractivity contribution in [2.24, 2.45) is 0 Å². The van der Waals surface area contributed by atoms with E-state index in [4.69, 9.17) is 9.47 Å². The molecule has 2 aromatic rings. The number of rotatable bonds is 4. The molecule has 0 amide bonds. The molecule has 2 nitrogen and oxygen atoms in total. The topological polar surface area (TPSA) is 18.5 Å². The quantitative estimate of drug-likeness (QED) is 0.777. The van der Waals surface area contributed by atoms with Crippen molar-refractivity contribution in [3.63, 3.8) is 0 Å². The Labute approximate surface area is 133 Å². The van der Waals surface area contributed by atoms with E-state index in [1.54, 1.807) is 14.2 Å². The van der Waals surface area contributed by atoms with E-state index in [1.165, 1.54) is 36.8 Å². The van der Waals surface area contributed by atoms with Crippen LogP contribution in [0.1, 0.15) is 48.6 Å². The Balaban J connectivity index is 1.61. The molecule has 0 radical (unpaired) electrons. The normalized spacial score (nSPS) is 21.4. The van der Waals surface area contributed by atoms with Crippen molar-refractivity contribution in [2.45, 2.75) is 37.5 Å². The van der Waals surface area contributed by atoms with Crippen LogP contribution in [0.3, 0.4) is 0 Å². The molecule has 3 rings (SSSR count). The van der Waals surface area contributed by atoms with Crippen molar-refractivity contribution < 1.29 is 9.47 Å². The van der Waals surface area contributed by atoms with Gasteiger partial charge < -0.3 is 9.47 Å². The molecule has 0 bridgehead atoms. The second-order valence-electron chi connectivity index (χ2n) is 6.09. The van der Waals surface area contributed by atoms with Crippen molar-refractivity contribution in [2.75, 3.05) is 14.2 Å². The molecule has 1 aliphatic rings. The maximum Gasteiger partial charge on any atom is 0.118 e. The van der Waals surface area contributed by atoms with Gasteiger partial charge in [-0.05, 0) is 72.9 Å². The van der Waals surface area contributed by atoms with Gasteiger partial charge in [0.05, 0.1) is 14.2 Å². The van der Waals surface area contributed by atoms with Gasteiger partial charge in [-0.25, -0.2) is 0 Å². The van der Waals surface area contributed by atoms with Crippen LogP contribution in [0.4, 0.5) is 0 Å². The highest BCUT2D eigenvalue weighted by molar-refractivity contribution is 5.32. The summed E-state index contributed by atoms with van der Waals surface area (Å²) in [6.45, 7) is 0. The lowest BCUT2D eigenvalue weighted by molar-refractivity contribution is 0.393. The molecule has 1 aliphatic carbocycles. The molecule has 0 unspecified atom stereocenters. The first kappa shape index (κ1) is 15.0. The van der Waals surface area contributed by atoms with Crippen molar-refractivity contribution in [3.05, 3.63) is 59.7 Å². The minimum atomic E-state index is 0.695. The highest BCUT2D eigenvalue weighted by Gasteiger charge is 2.23. The van der Waals surface area contributed by atoms with Crippen LogP contribution in [0.25, 0.3) is 0 Å². The van der Waals surface area contributed by atoms with E-state index in [2.05, 4.69) is 48.5 Å². The molecule has 1 fully saturated rings. The molecule has 2 aromatic carbocycles. The SMILES string of the molecule is COc1ccc(C2CCC(c3ccc(OC)cc3)CC2)cc1. The van der Waals surface area contributed by atoms with E-state index in [0.29, 0.717) is 11.8 Å². The molecule has 2 heteroatoms. The lowest BCUT2D eigenvalue weighted by atomic mass is 9.76. The fourth-order valence-electron chi connectivity index (χ4n) is 3.51. The Morgan fingerprint density at radius 3 is 1.18 bits per heavy atom. The zero-order chi connectivity index (χ0) is 15.4. The van der Waals surface area contributed by atoms with E-state index in [9.17, 15) is 0 Å². The number of ether oxygens (including phenoxy) is 2. The molecule has 0 heterocycles. The van der Waals surface area contributed by atoms with Crippen LogP contribution in [0, 0.1) is 0 Å². The van der Waals surface area contributed by atoms with Gasteiger partial charge in [-0.2, -0.15) is 0 Å². The maximum atomic E-state index is 5.24. The predicted octanol–water partition coefficient (Wildman–Crippen LogP) is 5.15. The van der Waals surface area contributed by atoms with Gasteiger partial charge in [0.2, 0.25) is 0 Å². The van der Waals surface area contributed by atoms with Crippen LogP contribution in [0.5, 0.6) is 11.5 Å². The molecule has 116 valence electrons. The summed E-state index contributed by atoms with van der Waals surface area (Å²) >= 11 is 0. The highest BCUT2D eigenvalue weighted by Crippen LogP contribution is 2.40. The number of hydrogen-bond acceptors (Lipinski definition) is 2. The molecule has 1 saturated carbocycles. The molecule has 0 N–H and O–H groups in total. The second kappa shape index (κ2) is 6.87. The number of methoxy groups -OCH3 is 2. The average molecular weight is 296 g/mol. The lowest BCUT2D eigenvalue weighted by Gasteiger charge is -2.29. The smallest absolute Gasteiger partial charge is 0.118 e. The summed E-state index contributed by atoms with van der Waals surface area (Å²) in [5.41, 5.74) is 2.91. The minimum Gasteiger partial charge on any atom is -0.497 e. The Morgan fingerprint density at radius 2 is 0.909 bits per heavy atom. The average Bonchev–Trinajstić information content (AvgIpc) is 2.62. The molecule has 0 atom stereocenters. The van der Waals surface area contributed by atoms with E-state index in [1.807, 2.05) is 0 Å². The second-order valence-corrected chi connectivity index (χ2v) is 6.09. The summed E-state index contributed by atoms with van der Waals surface area (Å²) in [4.78, 5) is 0. The first-order valence-electron chi connectivity index (χ1n) is 8.08. The van der Waals surface area contributed by atoms with E-state index < -0.39 is 0 Å². The third kappa shape index (κ3) is 3.27. The summed E-state index contributed by atoms with van der Waals surface area (Å²) in [5, 5.41) is 0. The van der Waals surface area contributed by atoms with E-state index in [0.717, 1.165) is 11.5 Å². The molecular formula is C20H24O2. The van der Waals surface area contributed by atoms with Crippen molar-refractivity contribution in [1.82, 2.24) is 0 Å². The molecular weight excluding hydrogens is 272 g/mol. The predicted molar refractivity (Wildman–Crippen MR) is 89.9 cm³/mol. The van der Waals surface area contributed by atoms with Gasteiger partial charge in [0, 0.05) is 0 Å². The fraction of sp³-hybridized carbons (Fsp3) is 0.400. The third-order valence-corrected chi connectivity index (χ3v) is 4.90. The standard InChI is InChI=1S/C20H24O2/c1-21-19-11-7-17(8-12-19)15-3-5-16(6-4-15)18-9-13-20(22-2)14-10-18/h7-16H,3-6H2,1-2H3. The Kier molecular flexibility index (Phi) is 4.67. The first-order valence-corrected chi connectivity index (χ1v) is 8.08. The van der Waals surface area contributed by atoms with E-state index >= 15 is 0 Å². The monoisotopic (exact) mass is 296 g/mol. The van der Waals surface area contributed by atoms with Crippen molar-refractivity contribution in [3.8, 4) is 11.5 Å². The third-order valence-electron chi connectivity index (χ3n) is 4.90. The summed E-state index contributed by atoms with van der Waals surface area (Å²) in [6, 6.07) is 17.2. The molecule has 0 aliphatic heterocycles. The molecule has 0 spiro atoms. The maximum absolute atomic E-state index is 5.24. The number of benzene rings is 2. The lowest BCUT2D eigenvalue weighted by Crippen LogP contribution is -2.12. The largest absolute Gasteiger partial charge is 0.497 e. The van der Waals surface area contributed by atoms with Crippen molar-refractivity contribution in [1.29, 1.82) is 0 Å².